The Kier molecular flexibility index (Phi) is 5.64. The second-order valence-corrected chi connectivity index (χ2v) is 3.58. The van der Waals surface area contributed by atoms with Gasteiger partial charge in [-0.05, 0) is 18.6 Å². The van der Waals surface area contributed by atoms with Crippen molar-refractivity contribution in [2.24, 2.45) is 0 Å². The first-order valence-electron chi connectivity index (χ1n) is 5.59. The summed E-state index contributed by atoms with van der Waals surface area (Å²) in [6.07, 6.45) is 2.76. The molecule has 0 aliphatic heterocycles. The Morgan fingerprint density at radius 3 is 2.94 bits per heavy atom. The Bertz CT molecular complexity index is 377. The number of nitrogen functional groups attached to an aromatic ring is 1. The number of carbonyl (C=O) groups excluding carboxylic acids is 1. The summed E-state index contributed by atoms with van der Waals surface area (Å²) >= 11 is 0. The summed E-state index contributed by atoms with van der Waals surface area (Å²) in [5, 5.41) is 2.71. The summed E-state index contributed by atoms with van der Waals surface area (Å²) in [6, 6.07) is 7.31. The third-order valence-corrected chi connectivity index (χ3v) is 2.17. The second-order valence-electron chi connectivity index (χ2n) is 3.58. The normalized spacial score (nSPS) is 9.65. The van der Waals surface area contributed by atoms with Crippen LogP contribution in [0.2, 0.25) is 0 Å². The van der Waals surface area contributed by atoms with Crippen LogP contribution >= 0.6 is 0 Å². The van der Waals surface area contributed by atoms with Gasteiger partial charge in [0.05, 0.1) is 12.3 Å². The van der Waals surface area contributed by atoms with Crippen molar-refractivity contribution in [3.63, 3.8) is 0 Å². The van der Waals surface area contributed by atoms with Crippen LogP contribution in [0.1, 0.15) is 12.8 Å². The molecule has 0 aliphatic carbocycles. The zero-order chi connectivity index (χ0) is 12.5. The van der Waals surface area contributed by atoms with Gasteiger partial charge in [0.25, 0.3) is 0 Å². The highest BCUT2D eigenvalue weighted by Crippen LogP contribution is 2.19. The Morgan fingerprint density at radius 1 is 1.47 bits per heavy atom. The van der Waals surface area contributed by atoms with Crippen LogP contribution in [0.15, 0.2) is 36.9 Å². The molecule has 0 heterocycles. The van der Waals surface area contributed by atoms with Crippen molar-refractivity contribution in [1.29, 1.82) is 0 Å². The molecular weight excluding hydrogens is 216 g/mol. The van der Waals surface area contributed by atoms with Crippen LogP contribution in [0.3, 0.4) is 0 Å². The van der Waals surface area contributed by atoms with Crippen LogP contribution in [0.5, 0.6) is 5.75 Å². The van der Waals surface area contributed by atoms with Crippen LogP contribution in [0, 0.1) is 0 Å². The maximum Gasteiger partial charge on any atom is 0.220 e. The van der Waals surface area contributed by atoms with Crippen molar-refractivity contribution >= 4 is 11.6 Å². The average Bonchev–Trinajstić information content (AvgIpc) is 2.34. The Hall–Kier alpha value is -1.97. The van der Waals surface area contributed by atoms with E-state index in [0.717, 1.165) is 0 Å². The highest BCUT2D eigenvalue weighted by atomic mass is 16.5. The first kappa shape index (κ1) is 13.1. The predicted octanol–water partition coefficient (Wildman–Crippen LogP) is 1.73. The molecule has 0 aromatic heterocycles. The third kappa shape index (κ3) is 5.06. The van der Waals surface area contributed by atoms with Gasteiger partial charge in [0.2, 0.25) is 5.91 Å². The van der Waals surface area contributed by atoms with Crippen molar-refractivity contribution in [1.82, 2.24) is 5.32 Å². The van der Waals surface area contributed by atoms with Gasteiger partial charge in [-0.25, -0.2) is 0 Å². The lowest BCUT2D eigenvalue weighted by molar-refractivity contribution is -0.121. The molecule has 1 rings (SSSR count). The molecule has 0 unspecified atom stereocenters. The maximum absolute atomic E-state index is 11.2. The maximum atomic E-state index is 11.2. The van der Waals surface area contributed by atoms with Gasteiger partial charge in [-0.1, -0.05) is 18.2 Å². The average molecular weight is 234 g/mol. The van der Waals surface area contributed by atoms with Crippen molar-refractivity contribution < 1.29 is 9.53 Å². The van der Waals surface area contributed by atoms with Gasteiger partial charge < -0.3 is 15.8 Å². The standard InChI is InChI=1S/C13H18N2O2/c1-2-9-15-13(16)8-5-10-17-12-7-4-3-6-11(12)14/h2-4,6-7H,1,5,8-10,14H2,(H,15,16). The van der Waals surface area contributed by atoms with Crippen molar-refractivity contribution in [2.75, 3.05) is 18.9 Å². The van der Waals surface area contributed by atoms with Gasteiger partial charge in [-0.2, -0.15) is 0 Å². The molecular formula is C13H18N2O2. The number of para-hydroxylation sites is 2. The molecule has 0 spiro atoms. The van der Waals surface area contributed by atoms with Gasteiger partial charge >= 0.3 is 0 Å². The van der Waals surface area contributed by atoms with E-state index < -0.39 is 0 Å². The molecule has 1 aromatic carbocycles. The number of rotatable bonds is 7. The minimum atomic E-state index is 0.00883. The summed E-state index contributed by atoms with van der Waals surface area (Å²) in [7, 11) is 0. The quantitative estimate of drug-likeness (QED) is 0.429. The molecule has 4 heteroatoms. The van der Waals surface area contributed by atoms with Gasteiger partial charge in [0.15, 0.2) is 0 Å². The topological polar surface area (TPSA) is 64.3 Å². The molecule has 0 fully saturated rings. The van der Waals surface area contributed by atoms with E-state index in [1.165, 1.54) is 0 Å². The van der Waals surface area contributed by atoms with Crippen LogP contribution in [0.4, 0.5) is 5.69 Å². The number of hydrogen-bond donors (Lipinski definition) is 2. The van der Waals surface area contributed by atoms with E-state index in [1.807, 2.05) is 18.2 Å². The van der Waals surface area contributed by atoms with Crippen LogP contribution in [-0.4, -0.2) is 19.1 Å². The number of anilines is 1. The molecule has 3 N–H and O–H groups in total. The smallest absolute Gasteiger partial charge is 0.220 e. The predicted molar refractivity (Wildman–Crippen MR) is 68.8 cm³/mol. The lowest BCUT2D eigenvalue weighted by atomic mass is 10.3. The molecule has 4 nitrogen and oxygen atoms in total. The van der Waals surface area contributed by atoms with Gasteiger partial charge in [-0.15, -0.1) is 6.58 Å². The van der Waals surface area contributed by atoms with Crippen LogP contribution in [0.25, 0.3) is 0 Å². The molecule has 0 atom stereocenters. The first-order chi connectivity index (χ1) is 8.24. The first-order valence-corrected chi connectivity index (χ1v) is 5.59. The van der Waals surface area contributed by atoms with Crippen molar-refractivity contribution in [3.05, 3.63) is 36.9 Å². The van der Waals surface area contributed by atoms with E-state index in [2.05, 4.69) is 11.9 Å². The minimum absolute atomic E-state index is 0.00883. The molecule has 0 aliphatic rings. The number of hydrogen-bond acceptors (Lipinski definition) is 3. The van der Waals surface area contributed by atoms with E-state index in [4.69, 9.17) is 10.5 Å². The van der Waals surface area contributed by atoms with Crippen molar-refractivity contribution in [2.45, 2.75) is 12.8 Å². The zero-order valence-corrected chi connectivity index (χ0v) is 9.82. The number of benzene rings is 1. The lowest BCUT2D eigenvalue weighted by Crippen LogP contribution is -2.23. The zero-order valence-electron chi connectivity index (χ0n) is 9.82. The summed E-state index contributed by atoms with van der Waals surface area (Å²) in [6.45, 7) is 4.51. The number of nitrogens with two attached hydrogens (primary N) is 1. The highest BCUT2D eigenvalue weighted by Gasteiger charge is 2.01. The van der Waals surface area contributed by atoms with E-state index in [-0.39, 0.29) is 5.91 Å². The van der Waals surface area contributed by atoms with E-state index in [9.17, 15) is 4.79 Å². The van der Waals surface area contributed by atoms with E-state index in [0.29, 0.717) is 37.4 Å². The molecule has 17 heavy (non-hydrogen) atoms. The lowest BCUT2D eigenvalue weighted by Gasteiger charge is -2.08. The Balaban J connectivity index is 2.18. The molecule has 92 valence electrons. The summed E-state index contributed by atoms with van der Waals surface area (Å²) < 4.78 is 5.47. The molecule has 0 saturated heterocycles. The SMILES string of the molecule is C=CCNC(=O)CCCOc1ccccc1N. The molecule has 1 aromatic rings. The summed E-state index contributed by atoms with van der Waals surface area (Å²) in [5.74, 6) is 0.675. The minimum Gasteiger partial charge on any atom is -0.491 e. The fraction of sp³-hybridized carbons (Fsp3) is 0.308. The monoisotopic (exact) mass is 234 g/mol. The number of carbonyl (C=O) groups is 1. The van der Waals surface area contributed by atoms with Gasteiger partial charge in [0.1, 0.15) is 5.75 Å². The molecule has 0 bridgehead atoms. The third-order valence-electron chi connectivity index (χ3n) is 2.17. The summed E-state index contributed by atoms with van der Waals surface area (Å²) in [4.78, 5) is 11.2. The highest BCUT2D eigenvalue weighted by molar-refractivity contribution is 5.75. The Morgan fingerprint density at radius 2 is 2.24 bits per heavy atom. The fourth-order valence-electron chi connectivity index (χ4n) is 1.30. The summed E-state index contributed by atoms with van der Waals surface area (Å²) in [5.41, 5.74) is 6.33. The largest absolute Gasteiger partial charge is 0.491 e. The van der Waals surface area contributed by atoms with Crippen LogP contribution < -0.4 is 15.8 Å². The Labute approximate surface area is 101 Å². The van der Waals surface area contributed by atoms with Gasteiger partial charge in [-0.3, -0.25) is 4.79 Å². The van der Waals surface area contributed by atoms with Crippen LogP contribution in [-0.2, 0) is 4.79 Å². The van der Waals surface area contributed by atoms with E-state index >= 15 is 0 Å². The molecule has 0 saturated carbocycles. The van der Waals surface area contributed by atoms with Gasteiger partial charge in [0, 0.05) is 13.0 Å². The second kappa shape index (κ2) is 7.33. The van der Waals surface area contributed by atoms with E-state index in [1.54, 1.807) is 12.1 Å². The number of amides is 1. The number of nitrogens with one attached hydrogen (secondary N) is 1. The molecule has 0 radical (unpaired) electrons. The fourth-order valence-corrected chi connectivity index (χ4v) is 1.30. The van der Waals surface area contributed by atoms with Crippen molar-refractivity contribution in [3.8, 4) is 5.75 Å². The number of ether oxygens (including phenoxy) is 1. The molecule has 1 amide bonds.